The first kappa shape index (κ1) is 13.9. The lowest BCUT2D eigenvalue weighted by atomic mass is 9.90. The van der Waals surface area contributed by atoms with Crippen molar-refractivity contribution in [2.45, 2.75) is 44.4 Å². The van der Waals surface area contributed by atoms with Crippen LogP contribution in [-0.2, 0) is 11.3 Å². The second-order valence-electron chi connectivity index (χ2n) is 6.11. The minimum Gasteiger partial charge on any atom is -0.375 e. The van der Waals surface area contributed by atoms with Crippen molar-refractivity contribution in [2.24, 2.45) is 0 Å². The van der Waals surface area contributed by atoms with E-state index in [1.54, 1.807) is 0 Å². The van der Waals surface area contributed by atoms with Gasteiger partial charge in [-0.15, -0.1) is 0 Å². The van der Waals surface area contributed by atoms with Crippen LogP contribution >= 0.6 is 0 Å². The van der Waals surface area contributed by atoms with Gasteiger partial charge in [-0.3, -0.25) is 4.90 Å². The number of hydrogen-bond acceptors (Lipinski definition) is 5. The molecule has 2 heterocycles. The first-order valence-corrected chi connectivity index (χ1v) is 8.14. The van der Waals surface area contributed by atoms with Crippen LogP contribution in [0.2, 0.25) is 0 Å². The molecule has 0 bridgehead atoms. The fourth-order valence-corrected chi connectivity index (χ4v) is 3.57. The summed E-state index contributed by atoms with van der Waals surface area (Å²) in [5, 5.41) is 4.11. The molecule has 0 spiro atoms. The lowest BCUT2D eigenvalue weighted by molar-refractivity contribution is -0.0933. The number of aromatic nitrogens is 2. The van der Waals surface area contributed by atoms with Crippen molar-refractivity contribution < 1.29 is 9.26 Å². The van der Waals surface area contributed by atoms with Crippen molar-refractivity contribution in [3.05, 3.63) is 36.2 Å². The topological polar surface area (TPSA) is 51.4 Å². The summed E-state index contributed by atoms with van der Waals surface area (Å²) in [6, 6.07) is 10.5. The number of hydrogen-bond donors (Lipinski definition) is 0. The SMILES string of the molecule is c1ccc(-c2noc(CN3CCOC4CCCCC43)n2)cc1. The quantitative estimate of drug-likeness (QED) is 0.872. The molecule has 2 aliphatic rings. The molecule has 116 valence electrons. The Hall–Kier alpha value is -1.72. The Balaban J connectivity index is 1.48. The highest BCUT2D eigenvalue weighted by atomic mass is 16.5. The molecule has 0 N–H and O–H groups in total. The molecule has 2 fully saturated rings. The van der Waals surface area contributed by atoms with E-state index in [-0.39, 0.29) is 0 Å². The van der Waals surface area contributed by atoms with Gasteiger partial charge in [0.1, 0.15) is 0 Å². The zero-order valence-electron chi connectivity index (χ0n) is 12.6. The van der Waals surface area contributed by atoms with Crippen LogP contribution in [0, 0.1) is 0 Å². The van der Waals surface area contributed by atoms with Crippen molar-refractivity contribution >= 4 is 0 Å². The standard InChI is InChI=1S/C17H21N3O2/c1-2-6-13(7-3-1)17-18-16(22-19-17)12-20-10-11-21-15-9-5-4-8-14(15)20/h1-3,6-7,14-15H,4-5,8-12H2. The summed E-state index contributed by atoms with van der Waals surface area (Å²) in [6.07, 6.45) is 5.36. The molecular weight excluding hydrogens is 278 g/mol. The summed E-state index contributed by atoms with van der Waals surface area (Å²) in [4.78, 5) is 7.01. The van der Waals surface area contributed by atoms with Crippen molar-refractivity contribution in [2.75, 3.05) is 13.2 Å². The maximum atomic E-state index is 5.92. The van der Waals surface area contributed by atoms with Crippen molar-refractivity contribution in [1.29, 1.82) is 0 Å². The molecule has 2 aromatic rings. The number of ether oxygens (including phenoxy) is 1. The maximum absolute atomic E-state index is 5.92. The van der Waals surface area contributed by atoms with Gasteiger partial charge < -0.3 is 9.26 Å². The highest BCUT2D eigenvalue weighted by Gasteiger charge is 2.34. The summed E-state index contributed by atoms with van der Waals surface area (Å²) in [5.41, 5.74) is 0.995. The average Bonchev–Trinajstić information content (AvgIpc) is 3.05. The molecule has 0 radical (unpaired) electrons. The van der Waals surface area contributed by atoms with Crippen molar-refractivity contribution in [1.82, 2.24) is 15.0 Å². The number of morpholine rings is 1. The van der Waals surface area contributed by atoms with Gasteiger partial charge in [-0.2, -0.15) is 4.98 Å². The van der Waals surface area contributed by atoms with E-state index in [4.69, 9.17) is 9.26 Å². The summed E-state index contributed by atoms with van der Waals surface area (Å²) in [5.74, 6) is 1.37. The van der Waals surface area contributed by atoms with Crippen LogP contribution in [0.25, 0.3) is 11.4 Å². The molecule has 0 amide bonds. The van der Waals surface area contributed by atoms with E-state index in [1.807, 2.05) is 30.3 Å². The van der Waals surface area contributed by atoms with Crippen LogP contribution in [-0.4, -0.2) is 40.3 Å². The molecule has 1 aromatic heterocycles. The van der Waals surface area contributed by atoms with Crippen LogP contribution in [0.5, 0.6) is 0 Å². The molecule has 1 aliphatic heterocycles. The smallest absolute Gasteiger partial charge is 0.241 e. The van der Waals surface area contributed by atoms with E-state index < -0.39 is 0 Å². The fraction of sp³-hybridized carbons (Fsp3) is 0.529. The Kier molecular flexibility index (Phi) is 3.91. The molecule has 1 saturated heterocycles. The van der Waals surface area contributed by atoms with Gasteiger partial charge >= 0.3 is 0 Å². The lowest BCUT2D eigenvalue weighted by Crippen LogP contribution is -2.52. The Bertz CT molecular complexity index is 611. The summed E-state index contributed by atoms with van der Waals surface area (Å²) in [6.45, 7) is 2.48. The van der Waals surface area contributed by atoms with Gasteiger partial charge in [0.2, 0.25) is 11.7 Å². The second kappa shape index (κ2) is 6.18. The van der Waals surface area contributed by atoms with Crippen molar-refractivity contribution in [3.63, 3.8) is 0 Å². The Morgan fingerprint density at radius 1 is 1.14 bits per heavy atom. The van der Waals surface area contributed by atoms with E-state index in [9.17, 15) is 0 Å². The molecule has 5 nitrogen and oxygen atoms in total. The first-order valence-electron chi connectivity index (χ1n) is 8.14. The number of rotatable bonds is 3. The van der Waals surface area contributed by atoms with Gasteiger partial charge in [-0.1, -0.05) is 48.3 Å². The van der Waals surface area contributed by atoms with Gasteiger partial charge in [0.25, 0.3) is 0 Å². The van der Waals surface area contributed by atoms with Crippen molar-refractivity contribution in [3.8, 4) is 11.4 Å². The molecule has 5 heteroatoms. The van der Waals surface area contributed by atoms with Gasteiger partial charge in [0.15, 0.2) is 0 Å². The number of benzene rings is 1. The molecule has 1 aliphatic carbocycles. The van der Waals surface area contributed by atoms with E-state index in [0.29, 0.717) is 23.9 Å². The Morgan fingerprint density at radius 2 is 2.00 bits per heavy atom. The lowest BCUT2D eigenvalue weighted by Gasteiger charge is -2.43. The third-order valence-corrected chi connectivity index (χ3v) is 4.69. The molecule has 22 heavy (non-hydrogen) atoms. The Morgan fingerprint density at radius 3 is 2.91 bits per heavy atom. The van der Waals surface area contributed by atoms with Crippen LogP contribution in [0.1, 0.15) is 31.6 Å². The van der Waals surface area contributed by atoms with E-state index >= 15 is 0 Å². The highest BCUT2D eigenvalue weighted by Crippen LogP contribution is 2.29. The van der Waals surface area contributed by atoms with E-state index in [2.05, 4.69) is 15.0 Å². The average molecular weight is 299 g/mol. The normalized spacial score (nSPS) is 25.8. The molecule has 1 saturated carbocycles. The fourth-order valence-electron chi connectivity index (χ4n) is 3.57. The maximum Gasteiger partial charge on any atom is 0.241 e. The predicted octanol–water partition coefficient (Wildman–Crippen LogP) is 2.88. The van der Waals surface area contributed by atoms with Crippen LogP contribution < -0.4 is 0 Å². The largest absolute Gasteiger partial charge is 0.375 e. The third kappa shape index (κ3) is 2.78. The number of nitrogens with zero attached hydrogens (tertiary/aromatic N) is 3. The van der Waals surface area contributed by atoms with Gasteiger partial charge in [0, 0.05) is 18.2 Å². The van der Waals surface area contributed by atoms with Gasteiger partial charge in [-0.25, -0.2) is 0 Å². The number of fused-ring (bicyclic) bond motifs is 1. The summed E-state index contributed by atoms with van der Waals surface area (Å²) < 4.78 is 11.4. The Labute approximate surface area is 130 Å². The van der Waals surface area contributed by atoms with Crippen LogP contribution in [0.15, 0.2) is 34.9 Å². The highest BCUT2D eigenvalue weighted by molar-refractivity contribution is 5.53. The zero-order chi connectivity index (χ0) is 14.8. The van der Waals surface area contributed by atoms with Crippen LogP contribution in [0.3, 0.4) is 0 Å². The van der Waals surface area contributed by atoms with Crippen LogP contribution in [0.4, 0.5) is 0 Å². The molecule has 2 atom stereocenters. The second-order valence-corrected chi connectivity index (χ2v) is 6.11. The molecular formula is C17H21N3O2. The summed E-state index contributed by atoms with van der Waals surface area (Å²) >= 11 is 0. The van der Waals surface area contributed by atoms with E-state index in [0.717, 1.165) is 25.3 Å². The molecule has 2 unspecified atom stereocenters. The van der Waals surface area contributed by atoms with Gasteiger partial charge in [-0.05, 0) is 12.8 Å². The molecule has 1 aromatic carbocycles. The zero-order valence-corrected chi connectivity index (χ0v) is 12.6. The van der Waals surface area contributed by atoms with E-state index in [1.165, 1.54) is 25.7 Å². The van der Waals surface area contributed by atoms with Gasteiger partial charge in [0.05, 0.1) is 19.3 Å². The summed E-state index contributed by atoms with van der Waals surface area (Å²) in [7, 11) is 0. The third-order valence-electron chi connectivity index (χ3n) is 4.69. The minimum atomic E-state index is 0.388. The minimum absolute atomic E-state index is 0.388. The monoisotopic (exact) mass is 299 g/mol. The first-order chi connectivity index (χ1) is 10.9. The predicted molar refractivity (Wildman–Crippen MR) is 82.1 cm³/mol. The molecule has 4 rings (SSSR count).